The third-order valence-corrected chi connectivity index (χ3v) is 4.70. The molecule has 0 spiro atoms. The Hall–Kier alpha value is -2.77. The van der Waals surface area contributed by atoms with E-state index in [2.05, 4.69) is 20.5 Å². The van der Waals surface area contributed by atoms with E-state index in [1.54, 1.807) is 24.3 Å². The average molecular weight is 449 g/mol. The summed E-state index contributed by atoms with van der Waals surface area (Å²) in [7, 11) is 0. The molecule has 1 aromatic heterocycles. The van der Waals surface area contributed by atoms with Crippen molar-refractivity contribution in [1.29, 1.82) is 0 Å². The summed E-state index contributed by atoms with van der Waals surface area (Å²) >= 11 is 12.4. The first-order valence-electron chi connectivity index (χ1n) is 9.53. The molecule has 2 aromatic carbocycles. The Kier molecular flexibility index (Phi) is 7.54. The maximum atomic E-state index is 6.20. The largest absolute Gasteiger partial charge is 0.490 e. The molecule has 0 unspecified atom stereocenters. The van der Waals surface area contributed by atoms with Gasteiger partial charge in [0.15, 0.2) is 17.3 Å². The van der Waals surface area contributed by atoms with Crippen molar-refractivity contribution in [2.24, 2.45) is 5.10 Å². The molecule has 1 heterocycles. The van der Waals surface area contributed by atoms with Gasteiger partial charge in [0.05, 0.1) is 47.0 Å². The van der Waals surface area contributed by atoms with Crippen LogP contribution in [-0.4, -0.2) is 36.0 Å². The molecule has 0 aliphatic heterocycles. The fourth-order valence-corrected chi connectivity index (χ4v) is 3.35. The molecule has 0 atom stereocenters. The van der Waals surface area contributed by atoms with Gasteiger partial charge in [-0.05, 0) is 32.9 Å². The van der Waals surface area contributed by atoms with Crippen molar-refractivity contribution in [1.82, 2.24) is 9.97 Å². The standard InChI is InChI=1S/C21H22Cl2N4O3/c1-4-28-17-10-16-18(20(30-6-3)19(17)29-5-2)21(25-12-24-16)27-26-11-13-14(22)8-7-9-15(13)23/h7-12H,4-6H2,1-3H3,(H,24,25,27)/b26-11+. The number of halogens is 2. The lowest BCUT2D eigenvalue weighted by Crippen LogP contribution is -2.05. The highest BCUT2D eigenvalue weighted by molar-refractivity contribution is 6.38. The Bertz CT molecular complexity index is 1040. The maximum absolute atomic E-state index is 6.20. The van der Waals surface area contributed by atoms with Crippen LogP contribution in [0.15, 0.2) is 35.7 Å². The van der Waals surface area contributed by atoms with Gasteiger partial charge in [0.2, 0.25) is 5.75 Å². The van der Waals surface area contributed by atoms with Crippen LogP contribution in [0.2, 0.25) is 10.0 Å². The number of anilines is 1. The van der Waals surface area contributed by atoms with Crippen LogP contribution in [0.5, 0.6) is 17.2 Å². The number of ether oxygens (including phenoxy) is 3. The number of aromatic nitrogens is 2. The van der Waals surface area contributed by atoms with Gasteiger partial charge in [-0.25, -0.2) is 9.97 Å². The minimum absolute atomic E-state index is 0.428. The Morgan fingerprint density at radius 3 is 2.30 bits per heavy atom. The first-order chi connectivity index (χ1) is 14.6. The highest BCUT2D eigenvalue weighted by Crippen LogP contribution is 2.45. The monoisotopic (exact) mass is 448 g/mol. The van der Waals surface area contributed by atoms with E-state index in [1.165, 1.54) is 12.5 Å². The second-order valence-corrected chi connectivity index (χ2v) is 6.77. The average Bonchev–Trinajstić information content (AvgIpc) is 2.73. The minimum atomic E-state index is 0.428. The fraction of sp³-hybridized carbons (Fsp3) is 0.286. The molecule has 0 bridgehead atoms. The van der Waals surface area contributed by atoms with Crippen LogP contribution >= 0.6 is 23.2 Å². The van der Waals surface area contributed by atoms with E-state index < -0.39 is 0 Å². The normalized spacial score (nSPS) is 11.1. The molecule has 0 aliphatic carbocycles. The lowest BCUT2D eigenvalue weighted by molar-refractivity contribution is 0.263. The van der Waals surface area contributed by atoms with Crippen LogP contribution in [0, 0.1) is 0 Å². The summed E-state index contributed by atoms with van der Waals surface area (Å²) < 4.78 is 17.5. The number of benzene rings is 2. The van der Waals surface area contributed by atoms with E-state index >= 15 is 0 Å². The van der Waals surface area contributed by atoms with Crippen LogP contribution in [0.1, 0.15) is 26.3 Å². The highest BCUT2D eigenvalue weighted by atomic mass is 35.5. The Morgan fingerprint density at radius 2 is 1.63 bits per heavy atom. The van der Waals surface area contributed by atoms with E-state index in [0.717, 1.165) is 0 Å². The number of nitrogens with zero attached hydrogens (tertiary/aromatic N) is 3. The van der Waals surface area contributed by atoms with Crippen molar-refractivity contribution in [3.8, 4) is 17.2 Å². The van der Waals surface area contributed by atoms with Gasteiger partial charge in [-0.3, -0.25) is 5.43 Å². The molecule has 1 N–H and O–H groups in total. The molecule has 30 heavy (non-hydrogen) atoms. The Labute approximate surface area is 185 Å². The molecule has 3 rings (SSSR count). The summed E-state index contributed by atoms with van der Waals surface area (Å²) in [6.45, 7) is 7.05. The summed E-state index contributed by atoms with van der Waals surface area (Å²) in [6, 6.07) is 7.05. The fourth-order valence-electron chi connectivity index (χ4n) is 2.85. The maximum Gasteiger partial charge on any atom is 0.204 e. The molecule has 0 saturated carbocycles. The van der Waals surface area contributed by atoms with Gasteiger partial charge in [-0.15, -0.1) is 0 Å². The molecule has 3 aromatic rings. The van der Waals surface area contributed by atoms with Crippen molar-refractivity contribution in [3.63, 3.8) is 0 Å². The van der Waals surface area contributed by atoms with E-state index in [9.17, 15) is 0 Å². The van der Waals surface area contributed by atoms with E-state index in [-0.39, 0.29) is 0 Å². The summed E-state index contributed by atoms with van der Waals surface area (Å²) in [5.41, 5.74) is 4.17. The van der Waals surface area contributed by atoms with Gasteiger partial charge in [0.25, 0.3) is 0 Å². The van der Waals surface area contributed by atoms with Crippen molar-refractivity contribution in [2.75, 3.05) is 25.2 Å². The zero-order valence-electron chi connectivity index (χ0n) is 16.9. The number of rotatable bonds is 9. The van der Waals surface area contributed by atoms with Gasteiger partial charge in [-0.1, -0.05) is 29.3 Å². The van der Waals surface area contributed by atoms with Crippen molar-refractivity contribution in [3.05, 3.63) is 46.2 Å². The molecule has 0 amide bonds. The molecular formula is C21H22Cl2N4O3. The van der Waals surface area contributed by atoms with Crippen LogP contribution in [0.25, 0.3) is 10.9 Å². The molecule has 0 fully saturated rings. The molecule has 7 nitrogen and oxygen atoms in total. The SMILES string of the molecule is CCOc1cc2ncnc(N/N=C/c3c(Cl)cccc3Cl)c2c(OCC)c1OCC. The number of hydrogen-bond donors (Lipinski definition) is 1. The smallest absolute Gasteiger partial charge is 0.204 e. The molecule has 0 saturated heterocycles. The van der Waals surface area contributed by atoms with Crippen LogP contribution < -0.4 is 19.6 Å². The minimum Gasteiger partial charge on any atom is -0.490 e. The summed E-state index contributed by atoms with van der Waals surface area (Å²) in [5.74, 6) is 2.01. The van der Waals surface area contributed by atoms with Crippen LogP contribution in [-0.2, 0) is 0 Å². The molecule has 0 aliphatic rings. The second kappa shape index (κ2) is 10.3. The lowest BCUT2D eigenvalue weighted by atomic mass is 10.1. The first-order valence-corrected chi connectivity index (χ1v) is 10.3. The van der Waals surface area contributed by atoms with Gasteiger partial charge in [0.1, 0.15) is 6.33 Å². The molecular weight excluding hydrogens is 427 g/mol. The summed E-state index contributed by atoms with van der Waals surface area (Å²) in [5, 5.41) is 5.88. The van der Waals surface area contributed by atoms with E-state index in [0.29, 0.717) is 69.4 Å². The Balaban J connectivity index is 2.08. The van der Waals surface area contributed by atoms with Crippen molar-refractivity contribution in [2.45, 2.75) is 20.8 Å². The second-order valence-electron chi connectivity index (χ2n) is 5.95. The predicted molar refractivity (Wildman–Crippen MR) is 121 cm³/mol. The zero-order valence-corrected chi connectivity index (χ0v) is 18.4. The first kappa shape index (κ1) is 21.9. The van der Waals surface area contributed by atoms with Gasteiger partial charge in [-0.2, -0.15) is 5.10 Å². The highest BCUT2D eigenvalue weighted by Gasteiger charge is 2.21. The molecule has 9 heteroatoms. The third-order valence-electron chi connectivity index (χ3n) is 4.04. The van der Waals surface area contributed by atoms with Gasteiger partial charge in [0, 0.05) is 11.6 Å². The summed E-state index contributed by atoms with van der Waals surface area (Å²) in [4.78, 5) is 8.69. The van der Waals surface area contributed by atoms with Gasteiger partial charge < -0.3 is 14.2 Å². The molecule has 0 radical (unpaired) electrons. The van der Waals surface area contributed by atoms with E-state index in [4.69, 9.17) is 37.4 Å². The lowest BCUT2D eigenvalue weighted by Gasteiger charge is -2.18. The number of fused-ring (bicyclic) bond motifs is 1. The van der Waals surface area contributed by atoms with Gasteiger partial charge >= 0.3 is 0 Å². The number of hydrogen-bond acceptors (Lipinski definition) is 7. The predicted octanol–water partition coefficient (Wildman–Crippen LogP) is 5.58. The van der Waals surface area contributed by atoms with Crippen molar-refractivity contribution >= 4 is 46.1 Å². The van der Waals surface area contributed by atoms with E-state index in [1.807, 2.05) is 20.8 Å². The zero-order chi connectivity index (χ0) is 21.5. The molecule has 158 valence electrons. The quantitative estimate of drug-likeness (QED) is 0.340. The van der Waals surface area contributed by atoms with Crippen LogP contribution in [0.3, 0.4) is 0 Å². The Morgan fingerprint density at radius 1 is 0.967 bits per heavy atom. The number of nitrogens with one attached hydrogen (secondary N) is 1. The summed E-state index contributed by atoms with van der Waals surface area (Å²) in [6.07, 6.45) is 2.98. The van der Waals surface area contributed by atoms with Crippen LogP contribution in [0.4, 0.5) is 5.82 Å². The van der Waals surface area contributed by atoms with Crippen molar-refractivity contribution < 1.29 is 14.2 Å². The topological polar surface area (TPSA) is 77.9 Å². The third kappa shape index (κ3) is 4.68. The number of hydrazone groups is 1.